The molecular weight excluding hydrogens is 461 g/mol. The van der Waals surface area contributed by atoms with Crippen molar-refractivity contribution in [1.82, 2.24) is 15.4 Å². The van der Waals surface area contributed by atoms with Crippen LogP contribution in [0, 0.1) is 17.7 Å². The Morgan fingerprint density at radius 1 is 0.971 bits per heavy atom. The Morgan fingerprint density at radius 3 is 2.26 bits per heavy atom. The van der Waals surface area contributed by atoms with Gasteiger partial charge in [-0.25, -0.2) is 17.5 Å². The van der Waals surface area contributed by atoms with E-state index in [1.165, 1.54) is 12.1 Å². The first-order valence-electron chi connectivity index (χ1n) is 11.3. The lowest BCUT2D eigenvalue weighted by atomic mass is 9.81. The minimum atomic E-state index is -3.71. The van der Waals surface area contributed by atoms with Crippen molar-refractivity contribution in [1.29, 1.82) is 0 Å². The van der Waals surface area contributed by atoms with Crippen LogP contribution in [0.2, 0.25) is 0 Å². The summed E-state index contributed by atoms with van der Waals surface area (Å²) < 4.78 is 40.2. The third-order valence-corrected chi connectivity index (χ3v) is 7.44. The summed E-state index contributed by atoms with van der Waals surface area (Å²) in [4.78, 5) is 24.4. The molecule has 1 unspecified atom stereocenters. The van der Waals surface area contributed by atoms with Gasteiger partial charge in [-0.05, 0) is 61.4 Å². The summed E-state index contributed by atoms with van der Waals surface area (Å²) >= 11 is 0. The summed E-state index contributed by atoms with van der Waals surface area (Å²) in [5.41, 5.74) is 0.698. The van der Waals surface area contributed by atoms with E-state index in [0.717, 1.165) is 12.1 Å². The second-order valence-corrected chi connectivity index (χ2v) is 10.2. The van der Waals surface area contributed by atoms with E-state index < -0.39 is 21.9 Å². The molecule has 0 aliphatic heterocycles. The van der Waals surface area contributed by atoms with Gasteiger partial charge in [0.1, 0.15) is 5.82 Å². The first kappa shape index (κ1) is 25.8. The van der Waals surface area contributed by atoms with Crippen molar-refractivity contribution < 1.29 is 27.5 Å². The van der Waals surface area contributed by atoms with Crippen LogP contribution < -0.4 is 15.4 Å². The first-order valence-corrected chi connectivity index (χ1v) is 12.8. The van der Waals surface area contributed by atoms with Gasteiger partial charge in [-0.3, -0.25) is 9.59 Å². The summed E-state index contributed by atoms with van der Waals surface area (Å²) in [6.07, 6.45) is 1.74. The van der Waals surface area contributed by atoms with Gasteiger partial charge < -0.3 is 15.7 Å². The number of carbonyl (C=O) groups is 2. The number of sulfonamides is 1. The molecule has 1 aliphatic rings. The molecule has 184 valence electrons. The number of benzene rings is 2. The highest BCUT2D eigenvalue weighted by Crippen LogP contribution is 2.28. The van der Waals surface area contributed by atoms with Gasteiger partial charge in [-0.2, -0.15) is 0 Å². The standard InChI is InChI=1S/C24H30FN3O5S/c25-20-10-12-21(13-11-20)34(32,33)28-14-17-6-8-19(9-7-17)24(31)27-16-23(30)26-15-22(29)18-4-2-1-3-5-18/h1-5,10-13,17,19,22,28-29H,6-9,14-16H2,(H,26,30)(H,27,31). The maximum atomic E-state index is 13.0. The average molecular weight is 492 g/mol. The molecule has 0 bridgehead atoms. The van der Waals surface area contributed by atoms with Gasteiger partial charge in [0.15, 0.2) is 0 Å². The third kappa shape index (κ3) is 7.61. The number of aliphatic hydroxyl groups is 1. The molecule has 1 saturated carbocycles. The Hall–Kier alpha value is -2.82. The van der Waals surface area contributed by atoms with E-state index in [1.54, 1.807) is 24.3 Å². The molecule has 0 aromatic heterocycles. The number of amides is 2. The van der Waals surface area contributed by atoms with Crippen molar-refractivity contribution in [2.24, 2.45) is 11.8 Å². The Bertz CT molecular complexity index is 1060. The molecule has 3 rings (SSSR count). The monoisotopic (exact) mass is 491 g/mol. The number of aliphatic hydroxyl groups excluding tert-OH is 1. The zero-order valence-electron chi connectivity index (χ0n) is 18.7. The number of halogens is 1. The van der Waals surface area contributed by atoms with Gasteiger partial charge in [-0.1, -0.05) is 30.3 Å². The molecule has 1 atom stereocenters. The third-order valence-electron chi connectivity index (χ3n) is 6.00. The van der Waals surface area contributed by atoms with E-state index in [0.29, 0.717) is 31.2 Å². The molecule has 2 amide bonds. The van der Waals surface area contributed by atoms with Gasteiger partial charge in [-0.15, -0.1) is 0 Å². The number of rotatable bonds is 10. The average Bonchev–Trinajstić information content (AvgIpc) is 2.85. The Morgan fingerprint density at radius 2 is 1.62 bits per heavy atom. The summed E-state index contributed by atoms with van der Waals surface area (Å²) in [6, 6.07) is 13.6. The van der Waals surface area contributed by atoms with Crippen LogP contribution in [0.5, 0.6) is 0 Å². The van der Waals surface area contributed by atoms with E-state index >= 15 is 0 Å². The highest BCUT2D eigenvalue weighted by Gasteiger charge is 2.27. The molecular formula is C24H30FN3O5S. The van der Waals surface area contributed by atoms with Crippen molar-refractivity contribution in [2.75, 3.05) is 19.6 Å². The van der Waals surface area contributed by atoms with Crippen molar-refractivity contribution in [3.8, 4) is 0 Å². The van der Waals surface area contributed by atoms with E-state index in [4.69, 9.17) is 0 Å². The van der Waals surface area contributed by atoms with Gasteiger partial charge in [0.25, 0.3) is 0 Å². The Kier molecular flexibility index (Phi) is 9.14. The zero-order valence-corrected chi connectivity index (χ0v) is 19.6. The number of nitrogens with one attached hydrogen (secondary N) is 3. The van der Waals surface area contributed by atoms with Crippen molar-refractivity contribution in [2.45, 2.75) is 36.7 Å². The molecule has 10 heteroatoms. The molecule has 0 radical (unpaired) electrons. The van der Waals surface area contributed by atoms with Gasteiger partial charge >= 0.3 is 0 Å². The van der Waals surface area contributed by atoms with Crippen LogP contribution in [0.4, 0.5) is 4.39 Å². The zero-order chi connectivity index (χ0) is 24.6. The van der Waals surface area contributed by atoms with Crippen LogP contribution in [0.1, 0.15) is 37.4 Å². The summed E-state index contributed by atoms with van der Waals surface area (Å²) in [5.74, 6) is -1.22. The predicted octanol–water partition coefficient (Wildman–Crippen LogP) is 1.88. The molecule has 0 saturated heterocycles. The first-order chi connectivity index (χ1) is 16.2. The number of hydrogen-bond donors (Lipinski definition) is 4. The fraction of sp³-hybridized carbons (Fsp3) is 0.417. The normalized spacial score (nSPS) is 19.2. The largest absolute Gasteiger partial charge is 0.387 e. The predicted molar refractivity (Wildman–Crippen MR) is 124 cm³/mol. The molecule has 2 aromatic carbocycles. The van der Waals surface area contributed by atoms with Crippen LogP contribution in [0.3, 0.4) is 0 Å². The molecule has 1 fully saturated rings. The van der Waals surface area contributed by atoms with Crippen molar-refractivity contribution >= 4 is 21.8 Å². The highest BCUT2D eigenvalue weighted by molar-refractivity contribution is 7.89. The van der Waals surface area contributed by atoms with E-state index in [9.17, 15) is 27.5 Å². The lowest BCUT2D eigenvalue weighted by Gasteiger charge is -2.27. The van der Waals surface area contributed by atoms with Crippen LogP contribution in [-0.4, -0.2) is 45.0 Å². The molecule has 0 heterocycles. The van der Waals surface area contributed by atoms with Crippen LogP contribution in [-0.2, 0) is 19.6 Å². The van der Waals surface area contributed by atoms with E-state index in [-0.39, 0.29) is 48.2 Å². The lowest BCUT2D eigenvalue weighted by Crippen LogP contribution is -2.42. The molecule has 34 heavy (non-hydrogen) atoms. The Balaban J connectivity index is 1.34. The summed E-state index contributed by atoms with van der Waals surface area (Å²) in [6.45, 7) is 0.135. The van der Waals surface area contributed by atoms with E-state index in [1.807, 2.05) is 6.07 Å². The van der Waals surface area contributed by atoms with Crippen LogP contribution in [0.25, 0.3) is 0 Å². The SMILES string of the molecule is O=C(CNC(=O)C1CCC(CNS(=O)(=O)c2ccc(F)cc2)CC1)NCC(O)c1ccccc1. The second kappa shape index (κ2) is 12.0. The minimum absolute atomic E-state index is 0.0107. The maximum absolute atomic E-state index is 13.0. The fourth-order valence-electron chi connectivity index (χ4n) is 3.93. The molecule has 8 nitrogen and oxygen atoms in total. The lowest BCUT2D eigenvalue weighted by molar-refractivity contribution is -0.129. The van der Waals surface area contributed by atoms with Crippen LogP contribution in [0.15, 0.2) is 59.5 Å². The fourth-order valence-corrected chi connectivity index (χ4v) is 5.05. The van der Waals surface area contributed by atoms with Gasteiger partial charge in [0, 0.05) is 19.0 Å². The number of hydrogen-bond acceptors (Lipinski definition) is 5. The van der Waals surface area contributed by atoms with Crippen molar-refractivity contribution in [3.05, 3.63) is 66.0 Å². The summed E-state index contributed by atoms with van der Waals surface area (Å²) in [7, 11) is -3.71. The molecule has 1 aliphatic carbocycles. The Labute approximate surface area is 199 Å². The van der Waals surface area contributed by atoms with Crippen molar-refractivity contribution in [3.63, 3.8) is 0 Å². The molecule has 2 aromatic rings. The topological polar surface area (TPSA) is 125 Å². The summed E-state index contributed by atoms with van der Waals surface area (Å²) in [5, 5.41) is 15.3. The van der Waals surface area contributed by atoms with Crippen LogP contribution >= 0.6 is 0 Å². The highest BCUT2D eigenvalue weighted by atomic mass is 32.2. The quantitative estimate of drug-likeness (QED) is 0.404. The molecule has 4 N–H and O–H groups in total. The van der Waals surface area contributed by atoms with E-state index in [2.05, 4.69) is 15.4 Å². The van der Waals surface area contributed by atoms with Gasteiger partial charge in [0.2, 0.25) is 21.8 Å². The maximum Gasteiger partial charge on any atom is 0.240 e. The second-order valence-electron chi connectivity index (χ2n) is 8.47. The number of carbonyl (C=O) groups excluding carboxylic acids is 2. The minimum Gasteiger partial charge on any atom is -0.387 e. The molecule has 0 spiro atoms. The smallest absolute Gasteiger partial charge is 0.240 e. The van der Waals surface area contributed by atoms with Gasteiger partial charge in [0.05, 0.1) is 17.5 Å².